The van der Waals surface area contributed by atoms with Gasteiger partial charge in [0.25, 0.3) is 0 Å². The summed E-state index contributed by atoms with van der Waals surface area (Å²) >= 11 is 0. The van der Waals surface area contributed by atoms with Crippen molar-refractivity contribution in [3.63, 3.8) is 0 Å². The molecule has 0 heterocycles. The van der Waals surface area contributed by atoms with Gasteiger partial charge < -0.3 is 5.48 Å². The van der Waals surface area contributed by atoms with E-state index in [4.69, 9.17) is 4.55 Å². The summed E-state index contributed by atoms with van der Waals surface area (Å²) in [4.78, 5) is 0. The topological polar surface area (TPSA) is 95.1 Å². The van der Waals surface area contributed by atoms with E-state index in [1.807, 2.05) is 0 Å². The predicted molar refractivity (Wildman–Crippen MR) is 90.0 cm³/mol. The van der Waals surface area contributed by atoms with Crippen LogP contribution in [-0.4, -0.2) is 93.8 Å². The van der Waals surface area contributed by atoms with Gasteiger partial charge in [-0.25, -0.2) is 4.18 Å². The molecule has 0 fully saturated rings. The Balaban J connectivity index is -0.000000427. The van der Waals surface area contributed by atoms with Crippen molar-refractivity contribution in [1.82, 2.24) is 0 Å². The van der Waals surface area contributed by atoms with Crippen molar-refractivity contribution in [2.24, 2.45) is 0 Å². The third-order valence-electron chi connectivity index (χ3n) is 2.73. The first-order valence-electron chi connectivity index (χ1n) is 6.68. The van der Waals surface area contributed by atoms with Crippen molar-refractivity contribution >= 4 is 79.1 Å². The zero-order valence-electron chi connectivity index (χ0n) is 11.4. The van der Waals surface area contributed by atoms with E-state index in [2.05, 4.69) is 11.1 Å². The van der Waals surface area contributed by atoms with Crippen LogP contribution in [0.25, 0.3) is 0 Å². The van der Waals surface area contributed by atoms with Crippen molar-refractivity contribution in [2.75, 3.05) is 6.61 Å². The molecule has 0 amide bonds. The second-order valence-electron chi connectivity index (χ2n) is 4.43. The summed E-state index contributed by atoms with van der Waals surface area (Å²) in [6.45, 7) is 2.31. The summed E-state index contributed by atoms with van der Waals surface area (Å²) in [6, 6.07) is 0. The first kappa shape index (κ1) is 29.9. The van der Waals surface area contributed by atoms with Crippen molar-refractivity contribution in [3.8, 4) is 0 Å². The van der Waals surface area contributed by atoms with E-state index in [9.17, 15) is 8.42 Å². The van der Waals surface area contributed by atoms with Gasteiger partial charge >= 0.3 is 61.8 Å². The second-order valence-corrected chi connectivity index (χ2v) is 5.52. The van der Waals surface area contributed by atoms with E-state index in [1.165, 1.54) is 44.9 Å². The molecule has 0 spiro atoms. The number of hydrogen-bond donors (Lipinski definition) is 1. The Morgan fingerprint density at radius 2 is 1.20 bits per heavy atom. The van der Waals surface area contributed by atoms with E-state index in [-0.39, 0.29) is 80.8 Å². The van der Waals surface area contributed by atoms with Gasteiger partial charge in [-0.05, 0) is 6.42 Å². The number of hydrogen-bond acceptors (Lipinski definition) is 3. The van der Waals surface area contributed by atoms with Crippen LogP contribution in [0.4, 0.5) is 0 Å². The Morgan fingerprint density at radius 1 is 0.850 bits per heavy atom. The monoisotopic (exact) mass is 354 g/mol. The van der Waals surface area contributed by atoms with Crippen molar-refractivity contribution in [3.05, 3.63) is 0 Å². The van der Waals surface area contributed by atoms with E-state index >= 15 is 0 Å². The van der Waals surface area contributed by atoms with Crippen LogP contribution < -0.4 is 0 Å². The molecule has 3 N–H and O–H groups in total. The molecule has 0 rings (SSSR count). The Hall–Kier alpha value is 2.00. The molecule has 0 atom stereocenters. The zero-order chi connectivity index (χ0) is 13.0. The molecule has 0 aromatic carbocycles. The first-order valence-corrected chi connectivity index (χ1v) is 8.04. The molecular formula is C12H32AlKO5S. The molecule has 8 heteroatoms. The van der Waals surface area contributed by atoms with Gasteiger partial charge in [-0.1, -0.05) is 64.7 Å². The van der Waals surface area contributed by atoms with Crippen LogP contribution >= 0.6 is 0 Å². The van der Waals surface area contributed by atoms with Gasteiger partial charge in [0.05, 0.1) is 6.61 Å². The molecule has 0 aliphatic carbocycles. The predicted octanol–water partition coefficient (Wildman–Crippen LogP) is 1.07. The number of rotatable bonds is 12. The normalized spacial score (nSPS) is 10.1. The van der Waals surface area contributed by atoms with Gasteiger partial charge in [0, 0.05) is 0 Å². The fourth-order valence-corrected chi connectivity index (χ4v) is 2.08. The molecule has 0 aliphatic rings. The van der Waals surface area contributed by atoms with Gasteiger partial charge in [-0.15, -0.1) is 0 Å². The summed E-state index contributed by atoms with van der Waals surface area (Å²) in [5.74, 6) is 0. The number of unbranched alkanes of at least 4 members (excludes halogenated alkanes) is 9. The maximum absolute atomic E-state index is 10.2. The van der Waals surface area contributed by atoms with E-state index in [0.717, 1.165) is 12.8 Å². The molecule has 20 heavy (non-hydrogen) atoms. The Bertz CT molecular complexity index is 263. The third-order valence-corrected chi connectivity index (χ3v) is 3.19. The molecule has 5 nitrogen and oxygen atoms in total. The molecular weight excluding hydrogens is 322 g/mol. The fraction of sp³-hybridized carbons (Fsp3) is 1.00. The van der Waals surface area contributed by atoms with Crippen molar-refractivity contribution < 1.29 is 22.6 Å². The summed E-state index contributed by atoms with van der Waals surface area (Å²) < 4.78 is 33.0. The standard InChI is InChI=1S/C12H26O4S.Al.K.H2O.4H/c1-2-3-4-5-6-7-8-9-10-11-12-16-17(13,14)15;;;;;;;/h2-12H2,1H3,(H,13,14,15);;;1H2;;;;. The van der Waals surface area contributed by atoms with Crippen LogP contribution in [-0.2, 0) is 14.6 Å². The SMILES string of the molecule is CCCCCCCCCCCCOS(=O)(=O)O.O.[AlH3].[KH]. The van der Waals surface area contributed by atoms with Crippen molar-refractivity contribution in [1.29, 1.82) is 0 Å². The zero-order valence-corrected chi connectivity index (χ0v) is 12.2. The molecule has 0 bridgehead atoms. The quantitative estimate of drug-likeness (QED) is 0.322. The second kappa shape index (κ2) is 21.0. The van der Waals surface area contributed by atoms with E-state index in [0.29, 0.717) is 6.42 Å². The molecule has 0 saturated carbocycles. The molecule has 0 saturated heterocycles. The Morgan fingerprint density at radius 3 is 1.55 bits per heavy atom. The summed E-state index contributed by atoms with van der Waals surface area (Å²) in [7, 11) is -4.23. The third kappa shape index (κ3) is 28.2. The van der Waals surface area contributed by atoms with Crippen LogP contribution in [0.1, 0.15) is 71.1 Å². The summed E-state index contributed by atoms with van der Waals surface area (Å²) in [5, 5.41) is 0. The average Bonchev–Trinajstić information content (AvgIpc) is 2.24. The minimum atomic E-state index is -4.23. The van der Waals surface area contributed by atoms with Gasteiger partial charge in [0.15, 0.2) is 17.4 Å². The first-order chi connectivity index (χ1) is 8.06. The molecule has 120 valence electrons. The summed E-state index contributed by atoms with van der Waals surface area (Å²) in [5.41, 5.74) is 0. The molecule has 0 aliphatic heterocycles. The van der Waals surface area contributed by atoms with Crippen LogP contribution in [0.5, 0.6) is 0 Å². The van der Waals surface area contributed by atoms with Crippen LogP contribution in [0, 0.1) is 0 Å². The molecule has 0 unspecified atom stereocenters. The van der Waals surface area contributed by atoms with Crippen LogP contribution in [0.15, 0.2) is 0 Å². The Kier molecular flexibility index (Phi) is 31.4. The fourth-order valence-electron chi connectivity index (χ4n) is 1.75. The maximum atomic E-state index is 10.2. The van der Waals surface area contributed by atoms with Gasteiger partial charge in [0.1, 0.15) is 0 Å². The van der Waals surface area contributed by atoms with Crippen LogP contribution in [0.2, 0.25) is 0 Å². The van der Waals surface area contributed by atoms with Gasteiger partial charge in [0.2, 0.25) is 0 Å². The van der Waals surface area contributed by atoms with Gasteiger partial charge in [-0.2, -0.15) is 8.42 Å². The van der Waals surface area contributed by atoms with Crippen molar-refractivity contribution in [2.45, 2.75) is 71.1 Å². The van der Waals surface area contributed by atoms with Crippen LogP contribution in [0.3, 0.4) is 0 Å². The summed E-state index contributed by atoms with van der Waals surface area (Å²) in [6.07, 6.45) is 11.9. The van der Waals surface area contributed by atoms with E-state index < -0.39 is 10.4 Å². The van der Waals surface area contributed by atoms with Gasteiger partial charge in [-0.3, -0.25) is 4.55 Å². The molecule has 0 aromatic rings. The average molecular weight is 355 g/mol. The van der Waals surface area contributed by atoms with E-state index in [1.54, 1.807) is 0 Å². The molecule has 0 radical (unpaired) electrons. The molecule has 0 aromatic heterocycles. The minimum absolute atomic E-state index is 0. The Labute approximate surface area is 177 Å².